The van der Waals surface area contributed by atoms with Gasteiger partial charge in [-0.3, -0.25) is 9.59 Å². The van der Waals surface area contributed by atoms with Crippen LogP contribution in [0.4, 0.5) is 0 Å². The number of likely N-dealkylation sites (tertiary alicyclic amines) is 1. The minimum Gasteiger partial charge on any atom is -0.469 e. The molecular formula is C17H25N3O3. The summed E-state index contributed by atoms with van der Waals surface area (Å²) in [5, 5.41) is 6.25. The summed E-state index contributed by atoms with van der Waals surface area (Å²) < 4.78 is 5.23. The van der Waals surface area contributed by atoms with Crippen molar-refractivity contribution in [2.75, 3.05) is 26.2 Å². The second kappa shape index (κ2) is 7.17. The highest BCUT2D eigenvalue weighted by atomic mass is 16.3. The molecule has 0 aromatic carbocycles. The van der Waals surface area contributed by atoms with Crippen molar-refractivity contribution in [3.05, 3.63) is 23.7 Å². The minimum atomic E-state index is -0.0371. The van der Waals surface area contributed by atoms with Crippen LogP contribution in [0.5, 0.6) is 0 Å². The molecule has 0 saturated carbocycles. The fourth-order valence-electron chi connectivity index (χ4n) is 3.47. The lowest BCUT2D eigenvalue weighted by Crippen LogP contribution is -2.46. The first-order valence-corrected chi connectivity index (χ1v) is 8.49. The Kier molecular flexibility index (Phi) is 5.00. The minimum absolute atomic E-state index is 0.0322. The number of carbonyl (C=O) groups is 2. The van der Waals surface area contributed by atoms with Crippen LogP contribution in [0.15, 0.2) is 16.7 Å². The number of hydrogen-bond acceptors (Lipinski definition) is 4. The van der Waals surface area contributed by atoms with Crippen molar-refractivity contribution in [3.8, 4) is 0 Å². The average molecular weight is 319 g/mol. The fourth-order valence-corrected chi connectivity index (χ4v) is 3.47. The largest absolute Gasteiger partial charge is 0.469 e. The zero-order valence-corrected chi connectivity index (χ0v) is 13.6. The summed E-state index contributed by atoms with van der Waals surface area (Å²) in [7, 11) is 0. The molecule has 1 aromatic heterocycles. The molecule has 1 aromatic rings. The van der Waals surface area contributed by atoms with Crippen LogP contribution in [0.3, 0.4) is 0 Å². The number of rotatable bonds is 4. The van der Waals surface area contributed by atoms with E-state index in [1.54, 1.807) is 12.3 Å². The van der Waals surface area contributed by atoms with Gasteiger partial charge in [0.05, 0.1) is 17.9 Å². The lowest BCUT2D eigenvalue weighted by molar-refractivity contribution is -0.123. The average Bonchev–Trinajstić information content (AvgIpc) is 3.23. The molecule has 2 amide bonds. The van der Waals surface area contributed by atoms with Crippen LogP contribution in [0, 0.1) is 12.8 Å². The zero-order valence-electron chi connectivity index (χ0n) is 13.6. The van der Waals surface area contributed by atoms with Gasteiger partial charge >= 0.3 is 0 Å². The molecule has 2 fully saturated rings. The third-order valence-corrected chi connectivity index (χ3v) is 4.84. The van der Waals surface area contributed by atoms with Gasteiger partial charge in [0.2, 0.25) is 5.91 Å². The molecule has 6 heteroatoms. The van der Waals surface area contributed by atoms with Crippen molar-refractivity contribution in [2.24, 2.45) is 5.92 Å². The Morgan fingerprint density at radius 1 is 1.39 bits per heavy atom. The van der Waals surface area contributed by atoms with E-state index in [0.717, 1.165) is 38.8 Å². The predicted octanol–water partition coefficient (Wildman–Crippen LogP) is 1.31. The maximum absolute atomic E-state index is 12.5. The first-order valence-electron chi connectivity index (χ1n) is 8.49. The molecule has 23 heavy (non-hydrogen) atoms. The van der Waals surface area contributed by atoms with Crippen LogP contribution in [0.25, 0.3) is 0 Å². The Morgan fingerprint density at radius 3 is 2.96 bits per heavy atom. The van der Waals surface area contributed by atoms with Gasteiger partial charge in [-0.15, -0.1) is 0 Å². The van der Waals surface area contributed by atoms with Crippen LogP contribution in [0.1, 0.15) is 41.8 Å². The third kappa shape index (κ3) is 3.75. The molecule has 6 nitrogen and oxygen atoms in total. The van der Waals surface area contributed by atoms with E-state index in [0.29, 0.717) is 30.3 Å². The van der Waals surface area contributed by atoms with E-state index in [2.05, 4.69) is 10.6 Å². The fraction of sp³-hybridized carbons (Fsp3) is 0.647. The number of furan rings is 1. The first-order chi connectivity index (χ1) is 11.1. The van der Waals surface area contributed by atoms with E-state index < -0.39 is 0 Å². The smallest absolute Gasteiger partial charge is 0.257 e. The first kappa shape index (κ1) is 16.1. The number of hydrogen-bond donors (Lipinski definition) is 2. The van der Waals surface area contributed by atoms with Crippen molar-refractivity contribution in [1.29, 1.82) is 0 Å². The highest BCUT2D eigenvalue weighted by Crippen LogP contribution is 2.20. The van der Waals surface area contributed by atoms with Crippen LogP contribution < -0.4 is 10.6 Å². The van der Waals surface area contributed by atoms with Gasteiger partial charge in [0.25, 0.3) is 5.91 Å². The van der Waals surface area contributed by atoms with Crippen LogP contribution >= 0.6 is 0 Å². The van der Waals surface area contributed by atoms with Gasteiger partial charge in [0.15, 0.2) is 0 Å². The molecule has 2 N–H and O–H groups in total. The van der Waals surface area contributed by atoms with Crippen molar-refractivity contribution in [2.45, 2.75) is 38.6 Å². The summed E-state index contributed by atoms with van der Waals surface area (Å²) in [6.07, 6.45) is 5.56. The summed E-state index contributed by atoms with van der Waals surface area (Å²) in [6.45, 7) is 4.85. The Morgan fingerprint density at radius 2 is 2.26 bits per heavy atom. The van der Waals surface area contributed by atoms with Gasteiger partial charge in [-0.25, -0.2) is 0 Å². The topological polar surface area (TPSA) is 74.6 Å². The predicted molar refractivity (Wildman–Crippen MR) is 86.1 cm³/mol. The third-order valence-electron chi connectivity index (χ3n) is 4.84. The normalized spacial score (nSPS) is 24.7. The van der Waals surface area contributed by atoms with Crippen LogP contribution in [-0.4, -0.2) is 48.9 Å². The van der Waals surface area contributed by atoms with Gasteiger partial charge in [-0.1, -0.05) is 0 Å². The number of carbonyl (C=O) groups excluding carboxylic acids is 2. The Hall–Kier alpha value is -1.82. The molecule has 0 unspecified atom stereocenters. The number of nitrogens with one attached hydrogen (secondary N) is 2. The zero-order chi connectivity index (χ0) is 16.2. The number of nitrogens with zero attached hydrogens (tertiary/aromatic N) is 1. The van der Waals surface area contributed by atoms with E-state index in [1.807, 2.05) is 11.8 Å². The molecule has 3 rings (SSSR count). The molecule has 2 aliphatic rings. The van der Waals surface area contributed by atoms with Gasteiger partial charge < -0.3 is 20.0 Å². The molecule has 0 spiro atoms. The van der Waals surface area contributed by atoms with Gasteiger partial charge in [0, 0.05) is 19.6 Å². The van der Waals surface area contributed by atoms with Gasteiger partial charge in [-0.05, 0) is 51.1 Å². The van der Waals surface area contributed by atoms with E-state index in [1.165, 1.54) is 0 Å². The van der Waals surface area contributed by atoms with E-state index in [9.17, 15) is 9.59 Å². The van der Waals surface area contributed by atoms with Crippen LogP contribution in [-0.2, 0) is 4.79 Å². The van der Waals surface area contributed by atoms with Crippen molar-refractivity contribution >= 4 is 11.8 Å². The SMILES string of the molecule is Cc1occc1C(=O)N1CCC[C@@H](CNC(=O)[C@H]2CCCN2)C1. The number of aryl methyl sites for hydroxylation is 1. The molecule has 2 saturated heterocycles. The van der Waals surface area contributed by atoms with E-state index in [4.69, 9.17) is 4.42 Å². The highest BCUT2D eigenvalue weighted by molar-refractivity contribution is 5.95. The Balaban J connectivity index is 1.51. The Labute approximate surface area is 136 Å². The van der Waals surface area contributed by atoms with Gasteiger partial charge in [-0.2, -0.15) is 0 Å². The summed E-state index contributed by atoms with van der Waals surface area (Å²) in [5.41, 5.74) is 0.643. The molecule has 126 valence electrons. The highest BCUT2D eigenvalue weighted by Gasteiger charge is 2.27. The van der Waals surface area contributed by atoms with E-state index in [-0.39, 0.29) is 17.9 Å². The Bertz CT molecular complexity index is 563. The molecule has 3 heterocycles. The maximum atomic E-state index is 12.5. The quantitative estimate of drug-likeness (QED) is 0.877. The molecule has 2 atom stereocenters. The molecular weight excluding hydrogens is 294 g/mol. The van der Waals surface area contributed by atoms with Crippen molar-refractivity contribution < 1.29 is 14.0 Å². The standard InChI is InChI=1S/C17H25N3O3/c1-12-14(6-9-23-12)17(22)20-8-3-4-13(11-20)10-19-16(21)15-5-2-7-18-15/h6,9,13,15,18H,2-5,7-8,10-11H2,1H3,(H,19,21)/t13-,15+/m0/s1. The summed E-state index contributed by atoms with van der Waals surface area (Å²) in [5.74, 6) is 1.12. The molecule has 0 radical (unpaired) electrons. The molecule has 0 aliphatic carbocycles. The number of amides is 2. The summed E-state index contributed by atoms with van der Waals surface area (Å²) in [4.78, 5) is 26.5. The lowest BCUT2D eigenvalue weighted by Gasteiger charge is -2.33. The second-order valence-electron chi connectivity index (χ2n) is 6.54. The molecule has 0 bridgehead atoms. The molecule has 2 aliphatic heterocycles. The van der Waals surface area contributed by atoms with Crippen LogP contribution in [0.2, 0.25) is 0 Å². The summed E-state index contributed by atoms with van der Waals surface area (Å²) >= 11 is 0. The van der Waals surface area contributed by atoms with Crippen molar-refractivity contribution in [3.63, 3.8) is 0 Å². The monoisotopic (exact) mass is 319 g/mol. The lowest BCUT2D eigenvalue weighted by atomic mass is 9.97. The second-order valence-corrected chi connectivity index (χ2v) is 6.54. The maximum Gasteiger partial charge on any atom is 0.257 e. The van der Waals surface area contributed by atoms with E-state index >= 15 is 0 Å². The van der Waals surface area contributed by atoms with Crippen molar-refractivity contribution in [1.82, 2.24) is 15.5 Å². The summed E-state index contributed by atoms with van der Waals surface area (Å²) in [6, 6.07) is 1.69. The van der Waals surface area contributed by atoms with Gasteiger partial charge in [0.1, 0.15) is 5.76 Å². The number of piperidine rings is 1.